The van der Waals surface area contributed by atoms with Gasteiger partial charge in [-0.2, -0.15) is 4.31 Å². The highest BCUT2D eigenvalue weighted by Gasteiger charge is 2.29. The zero-order valence-corrected chi connectivity index (χ0v) is 13.8. The molecule has 0 radical (unpaired) electrons. The maximum Gasteiger partial charge on any atom is 0.308 e. The summed E-state index contributed by atoms with van der Waals surface area (Å²) in [5.74, 6) is -0.957. The molecule has 0 aliphatic carbocycles. The largest absolute Gasteiger partial charge is 0.481 e. The molecule has 1 aliphatic rings. The van der Waals surface area contributed by atoms with Crippen LogP contribution in [-0.4, -0.2) is 61.9 Å². The predicted molar refractivity (Wildman–Crippen MR) is 81.1 cm³/mol. The molecule has 1 aromatic heterocycles. The maximum absolute atomic E-state index is 12.5. The number of carboxylic acid groups (broad SMARTS) is 1. The van der Waals surface area contributed by atoms with Gasteiger partial charge in [0.1, 0.15) is 4.21 Å². The highest BCUT2D eigenvalue weighted by atomic mass is 32.2. The van der Waals surface area contributed by atoms with E-state index in [0.717, 1.165) is 30.7 Å². The number of aliphatic carboxylic acids is 1. The second-order valence-electron chi connectivity index (χ2n) is 5.35. The van der Waals surface area contributed by atoms with Crippen LogP contribution in [0.2, 0.25) is 0 Å². The first kappa shape index (κ1) is 16.4. The van der Waals surface area contributed by atoms with Crippen molar-refractivity contribution in [3.05, 3.63) is 17.0 Å². The average Bonchev–Trinajstić information content (AvgIpc) is 2.99. The summed E-state index contributed by atoms with van der Waals surface area (Å²) in [6.45, 7) is 1.46. The fourth-order valence-electron chi connectivity index (χ4n) is 2.50. The Kier molecular flexibility index (Phi) is 5.03. The summed E-state index contributed by atoms with van der Waals surface area (Å²) in [7, 11) is 0.0570. The second kappa shape index (κ2) is 6.43. The van der Waals surface area contributed by atoms with Gasteiger partial charge in [0, 0.05) is 24.5 Å². The number of sulfonamides is 1. The fraction of sp³-hybridized carbons (Fsp3) is 0.615. The van der Waals surface area contributed by atoms with Crippen molar-refractivity contribution >= 4 is 27.3 Å². The van der Waals surface area contributed by atoms with Gasteiger partial charge in [-0.25, -0.2) is 8.42 Å². The zero-order valence-electron chi connectivity index (χ0n) is 12.2. The zero-order chi connectivity index (χ0) is 15.6. The summed E-state index contributed by atoms with van der Waals surface area (Å²) < 4.78 is 26.6. The van der Waals surface area contributed by atoms with Crippen LogP contribution >= 0.6 is 11.3 Å². The van der Waals surface area contributed by atoms with E-state index in [9.17, 15) is 13.2 Å². The molecule has 1 aliphatic heterocycles. The molecule has 118 valence electrons. The molecule has 0 saturated carbocycles. The van der Waals surface area contributed by atoms with Crippen LogP contribution in [0.25, 0.3) is 0 Å². The van der Waals surface area contributed by atoms with Crippen LogP contribution in [0.1, 0.15) is 17.7 Å². The van der Waals surface area contributed by atoms with Crippen LogP contribution < -0.4 is 0 Å². The lowest BCUT2D eigenvalue weighted by Crippen LogP contribution is -2.39. The van der Waals surface area contributed by atoms with Crippen LogP contribution in [-0.2, 0) is 21.2 Å². The molecule has 6 nitrogen and oxygen atoms in total. The molecule has 0 amide bonds. The highest BCUT2D eigenvalue weighted by molar-refractivity contribution is 7.91. The molecule has 1 N–H and O–H groups in total. The molecule has 1 fully saturated rings. The predicted octanol–water partition coefficient (Wildman–Crippen LogP) is 1.09. The average molecular weight is 332 g/mol. The van der Waals surface area contributed by atoms with Gasteiger partial charge in [0.05, 0.1) is 6.42 Å². The number of carboxylic acids is 1. The Bertz CT molecular complexity index is 611. The molecular weight excluding hydrogens is 312 g/mol. The molecule has 0 bridgehead atoms. The topological polar surface area (TPSA) is 77.9 Å². The van der Waals surface area contributed by atoms with E-state index in [-0.39, 0.29) is 16.7 Å². The molecule has 8 heteroatoms. The Labute approximate surface area is 129 Å². The van der Waals surface area contributed by atoms with E-state index in [1.165, 1.54) is 10.4 Å². The molecule has 2 heterocycles. The van der Waals surface area contributed by atoms with Gasteiger partial charge in [0.25, 0.3) is 10.0 Å². The molecule has 1 unspecified atom stereocenters. The molecule has 0 spiro atoms. The Morgan fingerprint density at radius 1 is 1.52 bits per heavy atom. The van der Waals surface area contributed by atoms with Crippen molar-refractivity contribution in [2.45, 2.75) is 29.5 Å². The van der Waals surface area contributed by atoms with Crippen LogP contribution in [0.5, 0.6) is 0 Å². The van der Waals surface area contributed by atoms with Crippen molar-refractivity contribution in [3.63, 3.8) is 0 Å². The van der Waals surface area contributed by atoms with Gasteiger partial charge >= 0.3 is 5.97 Å². The molecule has 1 aromatic rings. The minimum Gasteiger partial charge on any atom is -0.481 e. The third-order valence-electron chi connectivity index (χ3n) is 3.77. The van der Waals surface area contributed by atoms with E-state index in [4.69, 9.17) is 5.11 Å². The molecular formula is C13H20N2O4S2. The van der Waals surface area contributed by atoms with Crippen LogP contribution in [0, 0.1) is 0 Å². The number of likely N-dealkylation sites (tertiary alicyclic amines) is 1. The Morgan fingerprint density at radius 3 is 2.81 bits per heavy atom. The summed E-state index contributed by atoms with van der Waals surface area (Å²) in [5, 5.41) is 8.75. The van der Waals surface area contributed by atoms with E-state index >= 15 is 0 Å². The SMILES string of the molecule is CN1CCCC1CN(C)S(=O)(=O)c1ccc(CC(=O)O)s1. The van der Waals surface area contributed by atoms with Gasteiger partial charge in [-0.3, -0.25) is 4.79 Å². The number of hydrogen-bond acceptors (Lipinski definition) is 5. The number of hydrogen-bond donors (Lipinski definition) is 1. The van der Waals surface area contributed by atoms with E-state index < -0.39 is 16.0 Å². The number of thiophene rings is 1. The van der Waals surface area contributed by atoms with Gasteiger partial charge in [-0.15, -0.1) is 11.3 Å². The third-order valence-corrected chi connectivity index (χ3v) is 7.14. The summed E-state index contributed by atoms with van der Waals surface area (Å²) in [6, 6.07) is 3.32. The number of carbonyl (C=O) groups is 1. The highest BCUT2D eigenvalue weighted by Crippen LogP contribution is 2.26. The molecule has 1 atom stereocenters. The van der Waals surface area contributed by atoms with E-state index in [1.807, 2.05) is 7.05 Å². The lowest BCUT2D eigenvalue weighted by atomic mass is 10.2. The van der Waals surface area contributed by atoms with E-state index in [2.05, 4.69) is 4.90 Å². The first-order valence-electron chi connectivity index (χ1n) is 6.78. The smallest absolute Gasteiger partial charge is 0.308 e. The molecule has 0 aromatic carbocycles. The van der Waals surface area contributed by atoms with Crippen LogP contribution in [0.4, 0.5) is 0 Å². The molecule has 21 heavy (non-hydrogen) atoms. The first-order valence-corrected chi connectivity index (χ1v) is 9.03. The van der Waals surface area contributed by atoms with E-state index in [1.54, 1.807) is 13.1 Å². The normalized spacial score (nSPS) is 20.2. The lowest BCUT2D eigenvalue weighted by molar-refractivity contribution is -0.136. The van der Waals surface area contributed by atoms with Crippen molar-refractivity contribution < 1.29 is 18.3 Å². The molecule has 2 rings (SSSR count). The van der Waals surface area contributed by atoms with Gasteiger partial charge in [0.2, 0.25) is 0 Å². The lowest BCUT2D eigenvalue weighted by Gasteiger charge is -2.24. The fourth-order valence-corrected chi connectivity index (χ4v) is 5.27. The van der Waals surface area contributed by atoms with Crippen LogP contribution in [0.15, 0.2) is 16.3 Å². The Morgan fingerprint density at radius 2 is 2.24 bits per heavy atom. The second-order valence-corrected chi connectivity index (χ2v) is 8.79. The standard InChI is InChI=1S/C13H20N2O4S2/c1-14-7-3-4-10(14)9-15(2)21(18,19)13-6-5-11(20-13)8-12(16)17/h5-6,10H,3-4,7-9H2,1-2H3,(H,16,17). The van der Waals surface area contributed by atoms with Crippen molar-refractivity contribution in [1.82, 2.24) is 9.21 Å². The van der Waals surface area contributed by atoms with Crippen molar-refractivity contribution in [3.8, 4) is 0 Å². The number of rotatable bonds is 6. The maximum atomic E-state index is 12.5. The van der Waals surface area contributed by atoms with Gasteiger partial charge in [0.15, 0.2) is 0 Å². The minimum atomic E-state index is -3.53. The van der Waals surface area contributed by atoms with Crippen LogP contribution in [0.3, 0.4) is 0 Å². The van der Waals surface area contributed by atoms with Crippen molar-refractivity contribution in [1.29, 1.82) is 0 Å². The Hall–Kier alpha value is -0.960. The number of likely N-dealkylation sites (N-methyl/N-ethyl adjacent to an activating group) is 2. The van der Waals surface area contributed by atoms with Crippen molar-refractivity contribution in [2.75, 3.05) is 27.2 Å². The Balaban J connectivity index is 2.09. The van der Waals surface area contributed by atoms with E-state index in [0.29, 0.717) is 11.4 Å². The third kappa shape index (κ3) is 3.82. The summed E-state index contributed by atoms with van der Waals surface area (Å²) in [6.07, 6.45) is 1.96. The molecule has 1 saturated heterocycles. The van der Waals surface area contributed by atoms with Gasteiger partial charge in [-0.05, 0) is 38.6 Å². The quantitative estimate of drug-likeness (QED) is 0.844. The van der Waals surface area contributed by atoms with Gasteiger partial charge in [-0.1, -0.05) is 0 Å². The first-order chi connectivity index (χ1) is 9.80. The summed E-state index contributed by atoms with van der Waals surface area (Å²) >= 11 is 1.03. The summed E-state index contributed by atoms with van der Waals surface area (Å²) in [4.78, 5) is 13.4. The minimum absolute atomic E-state index is 0.144. The summed E-state index contributed by atoms with van der Waals surface area (Å²) in [5.41, 5.74) is 0. The van der Waals surface area contributed by atoms with Crippen molar-refractivity contribution in [2.24, 2.45) is 0 Å². The monoisotopic (exact) mass is 332 g/mol. The van der Waals surface area contributed by atoms with Gasteiger partial charge < -0.3 is 10.0 Å². The number of nitrogens with zero attached hydrogens (tertiary/aromatic N) is 2.